The number of aromatic nitrogens is 2. The molecule has 2 aromatic heterocycles. The van der Waals surface area contributed by atoms with Gasteiger partial charge in [-0.05, 0) is 25.5 Å². The maximum absolute atomic E-state index is 12.3. The molecule has 21 heavy (non-hydrogen) atoms. The van der Waals surface area contributed by atoms with Crippen molar-refractivity contribution in [1.29, 1.82) is 0 Å². The molecule has 0 bridgehead atoms. The number of thiazole rings is 1. The largest absolute Gasteiger partial charge is 0.343 e. The van der Waals surface area contributed by atoms with Crippen molar-refractivity contribution in [1.82, 2.24) is 14.9 Å². The van der Waals surface area contributed by atoms with E-state index in [1.165, 1.54) is 0 Å². The highest BCUT2D eigenvalue weighted by Crippen LogP contribution is 2.23. The number of hydrogen-bond acceptors (Lipinski definition) is 4. The summed E-state index contributed by atoms with van der Waals surface area (Å²) in [6, 6.07) is 3.88. The molecular formula is C16H21N3OS. The van der Waals surface area contributed by atoms with Crippen LogP contribution in [-0.4, -0.2) is 33.9 Å². The van der Waals surface area contributed by atoms with Crippen LogP contribution in [0.4, 0.5) is 0 Å². The summed E-state index contributed by atoms with van der Waals surface area (Å²) < 4.78 is 0. The Morgan fingerprint density at radius 1 is 1.38 bits per heavy atom. The van der Waals surface area contributed by atoms with Crippen LogP contribution in [0.1, 0.15) is 32.4 Å². The van der Waals surface area contributed by atoms with Crippen molar-refractivity contribution >= 4 is 17.2 Å². The summed E-state index contributed by atoms with van der Waals surface area (Å²) in [7, 11) is 0. The average molecular weight is 303 g/mol. The first-order valence-corrected chi connectivity index (χ1v) is 8.25. The molecule has 2 aromatic rings. The number of pyridine rings is 1. The number of rotatable bonds is 7. The maximum Gasteiger partial charge on any atom is 0.228 e. The van der Waals surface area contributed by atoms with Crippen LogP contribution in [0.5, 0.6) is 0 Å². The van der Waals surface area contributed by atoms with Crippen LogP contribution >= 0.6 is 11.3 Å². The number of carbonyl (C=O) groups excluding carboxylic acids is 1. The van der Waals surface area contributed by atoms with Crippen LogP contribution in [0.25, 0.3) is 10.6 Å². The van der Waals surface area contributed by atoms with Gasteiger partial charge in [0.25, 0.3) is 0 Å². The van der Waals surface area contributed by atoms with E-state index in [-0.39, 0.29) is 5.91 Å². The van der Waals surface area contributed by atoms with Gasteiger partial charge in [-0.1, -0.05) is 13.3 Å². The van der Waals surface area contributed by atoms with E-state index in [1.54, 1.807) is 23.7 Å². The fourth-order valence-corrected chi connectivity index (χ4v) is 2.90. The van der Waals surface area contributed by atoms with Gasteiger partial charge in [-0.25, -0.2) is 4.98 Å². The third-order valence-corrected chi connectivity index (χ3v) is 4.25. The van der Waals surface area contributed by atoms with Gasteiger partial charge in [-0.3, -0.25) is 9.78 Å². The van der Waals surface area contributed by atoms with Crippen LogP contribution in [-0.2, 0) is 11.2 Å². The molecular weight excluding hydrogens is 282 g/mol. The lowest BCUT2D eigenvalue weighted by Crippen LogP contribution is -2.33. The lowest BCUT2D eigenvalue weighted by atomic mass is 10.2. The number of likely N-dealkylation sites (N-methyl/N-ethyl adjacent to an activating group) is 1. The summed E-state index contributed by atoms with van der Waals surface area (Å²) in [6.45, 7) is 5.76. The SMILES string of the molecule is CCCCN(CC)C(=O)Cc1csc(-c2cccnc2)n1. The van der Waals surface area contributed by atoms with Gasteiger partial charge >= 0.3 is 0 Å². The second-order valence-corrected chi connectivity index (χ2v) is 5.75. The monoisotopic (exact) mass is 303 g/mol. The quantitative estimate of drug-likeness (QED) is 0.787. The van der Waals surface area contributed by atoms with Crippen molar-refractivity contribution in [2.24, 2.45) is 0 Å². The summed E-state index contributed by atoms with van der Waals surface area (Å²) in [5.74, 6) is 0.161. The molecule has 0 aromatic carbocycles. The molecule has 0 fully saturated rings. The van der Waals surface area contributed by atoms with E-state index in [2.05, 4.69) is 16.9 Å². The molecule has 0 N–H and O–H groups in total. The van der Waals surface area contributed by atoms with E-state index in [0.29, 0.717) is 6.42 Å². The van der Waals surface area contributed by atoms with Crippen LogP contribution in [0.15, 0.2) is 29.9 Å². The smallest absolute Gasteiger partial charge is 0.228 e. The molecule has 0 spiro atoms. The molecule has 0 aliphatic carbocycles. The van der Waals surface area contributed by atoms with Crippen LogP contribution in [0.3, 0.4) is 0 Å². The van der Waals surface area contributed by atoms with E-state index < -0.39 is 0 Å². The second-order valence-electron chi connectivity index (χ2n) is 4.89. The van der Waals surface area contributed by atoms with Gasteiger partial charge in [0, 0.05) is 36.4 Å². The molecule has 0 aliphatic heterocycles. The predicted molar refractivity (Wildman–Crippen MR) is 86.2 cm³/mol. The minimum absolute atomic E-state index is 0.161. The first-order valence-electron chi connectivity index (χ1n) is 7.37. The molecule has 0 saturated heterocycles. The van der Waals surface area contributed by atoms with Gasteiger partial charge in [-0.2, -0.15) is 0 Å². The normalized spacial score (nSPS) is 10.6. The van der Waals surface area contributed by atoms with E-state index in [0.717, 1.165) is 42.2 Å². The summed E-state index contributed by atoms with van der Waals surface area (Å²) in [5, 5.41) is 2.89. The van der Waals surface area contributed by atoms with Gasteiger partial charge in [0.1, 0.15) is 5.01 Å². The van der Waals surface area contributed by atoms with Crippen LogP contribution < -0.4 is 0 Å². The molecule has 5 heteroatoms. The Morgan fingerprint density at radius 2 is 2.24 bits per heavy atom. The number of nitrogens with zero attached hydrogens (tertiary/aromatic N) is 3. The molecule has 4 nitrogen and oxygen atoms in total. The highest BCUT2D eigenvalue weighted by Gasteiger charge is 2.14. The standard InChI is InChI=1S/C16H21N3OS/c1-3-5-9-19(4-2)15(20)10-14-12-21-16(18-14)13-7-6-8-17-11-13/h6-8,11-12H,3-5,9-10H2,1-2H3. The first kappa shape index (κ1) is 15.6. The van der Waals surface area contributed by atoms with Crippen LogP contribution in [0, 0.1) is 0 Å². The molecule has 0 radical (unpaired) electrons. The third kappa shape index (κ3) is 4.36. The molecule has 112 valence electrons. The van der Waals surface area contributed by atoms with Gasteiger partial charge in [0.05, 0.1) is 12.1 Å². The van der Waals surface area contributed by atoms with Gasteiger partial charge in [0.15, 0.2) is 0 Å². The molecule has 1 amide bonds. The summed E-state index contributed by atoms with van der Waals surface area (Å²) >= 11 is 1.56. The number of hydrogen-bond donors (Lipinski definition) is 0. The number of carbonyl (C=O) groups is 1. The van der Waals surface area contributed by atoms with Crippen molar-refractivity contribution in [2.45, 2.75) is 33.1 Å². The molecule has 0 aliphatic rings. The summed E-state index contributed by atoms with van der Waals surface area (Å²) in [4.78, 5) is 22.8. The topological polar surface area (TPSA) is 46.1 Å². The highest BCUT2D eigenvalue weighted by molar-refractivity contribution is 7.13. The van der Waals surface area contributed by atoms with E-state index in [1.807, 2.05) is 29.3 Å². The second kappa shape index (κ2) is 7.88. The zero-order valence-corrected chi connectivity index (χ0v) is 13.4. The Labute approximate surface area is 129 Å². The van der Waals surface area contributed by atoms with E-state index in [4.69, 9.17) is 0 Å². The molecule has 2 rings (SSSR count). The van der Waals surface area contributed by atoms with Crippen molar-refractivity contribution in [3.8, 4) is 10.6 Å². The fourth-order valence-electron chi connectivity index (χ4n) is 2.08. The summed E-state index contributed by atoms with van der Waals surface area (Å²) in [6.07, 6.45) is 6.08. The lowest BCUT2D eigenvalue weighted by Gasteiger charge is -2.20. The zero-order valence-electron chi connectivity index (χ0n) is 12.6. The molecule has 0 unspecified atom stereocenters. The van der Waals surface area contributed by atoms with Crippen molar-refractivity contribution in [3.05, 3.63) is 35.6 Å². The van der Waals surface area contributed by atoms with E-state index in [9.17, 15) is 4.79 Å². The molecule has 0 saturated carbocycles. The van der Waals surface area contributed by atoms with E-state index >= 15 is 0 Å². The van der Waals surface area contributed by atoms with Crippen molar-refractivity contribution < 1.29 is 4.79 Å². The maximum atomic E-state index is 12.3. The Morgan fingerprint density at radius 3 is 2.90 bits per heavy atom. The van der Waals surface area contributed by atoms with Crippen LogP contribution in [0.2, 0.25) is 0 Å². The Hall–Kier alpha value is -1.75. The lowest BCUT2D eigenvalue weighted by molar-refractivity contribution is -0.130. The Kier molecular flexibility index (Phi) is 5.87. The first-order chi connectivity index (χ1) is 10.2. The average Bonchev–Trinajstić information content (AvgIpc) is 2.97. The Balaban J connectivity index is 2.00. The predicted octanol–water partition coefficient (Wildman–Crippen LogP) is 3.40. The molecule has 0 atom stereocenters. The molecule has 2 heterocycles. The minimum atomic E-state index is 0.161. The zero-order chi connectivity index (χ0) is 15.1. The number of unbranched alkanes of at least 4 members (excludes halogenated alkanes) is 1. The highest BCUT2D eigenvalue weighted by atomic mass is 32.1. The van der Waals surface area contributed by atoms with Gasteiger partial charge in [0.2, 0.25) is 5.91 Å². The van der Waals surface area contributed by atoms with Crippen molar-refractivity contribution in [3.63, 3.8) is 0 Å². The number of amides is 1. The fraction of sp³-hybridized carbons (Fsp3) is 0.438. The van der Waals surface area contributed by atoms with Crippen molar-refractivity contribution in [2.75, 3.05) is 13.1 Å². The summed E-state index contributed by atoms with van der Waals surface area (Å²) in [5.41, 5.74) is 1.85. The minimum Gasteiger partial charge on any atom is -0.343 e. The van der Waals surface area contributed by atoms with Gasteiger partial charge in [-0.15, -0.1) is 11.3 Å². The third-order valence-electron chi connectivity index (χ3n) is 3.31. The Bertz CT molecular complexity index is 568. The van der Waals surface area contributed by atoms with Gasteiger partial charge < -0.3 is 4.90 Å².